The van der Waals surface area contributed by atoms with Crippen molar-refractivity contribution in [2.75, 3.05) is 7.11 Å². The maximum absolute atomic E-state index is 14.1. The molecule has 4 aliphatic carbocycles. The fourth-order valence-corrected chi connectivity index (χ4v) is 9.98. The number of fused-ring (bicyclic) bond motifs is 3. The molecule has 0 spiro atoms. The van der Waals surface area contributed by atoms with Crippen molar-refractivity contribution in [3.8, 4) is 0 Å². The number of ketones is 2. The molecule has 1 N–H and O–H groups in total. The molecular weight excluding hydrogens is 464 g/mol. The van der Waals surface area contributed by atoms with E-state index in [4.69, 9.17) is 14.2 Å². The van der Waals surface area contributed by atoms with E-state index in [-0.39, 0.29) is 30.2 Å². The van der Waals surface area contributed by atoms with Crippen LogP contribution < -0.4 is 0 Å². The summed E-state index contributed by atoms with van der Waals surface area (Å²) in [5.74, 6) is -3.28. The summed E-state index contributed by atoms with van der Waals surface area (Å²) in [4.78, 5) is 53.6. The van der Waals surface area contributed by atoms with E-state index in [0.717, 1.165) is 0 Å². The number of Topliss-reactive ketones (excluding diaryl/α,β-unsaturated/α-hetero) is 2. The van der Waals surface area contributed by atoms with Gasteiger partial charge in [0.05, 0.1) is 24.5 Å². The summed E-state index contributed by atoms with van der Waals surface area (Å²) in [6, 6.07) is 0. The lowest BCUT2D eigenvalue weighted by Crippen LogP contribution is -2.71. The van der Waals surface area contributed by atoms with Crippen molar-refractivity contribution in [2.45, 2.75) is 86.2 Å². The van der Waals surface area contributed by atoms with Gasteiger partial charge in [0.25, 0.3) is 0 Å². The van der Waals surface area contributed by atoms with Crippen molar-refractivity contribution in [1.82, 2.24) is 0 Å². The van der Waals surface area contributed by atoms with Crippen LogP contribution in [-0.2, 0) is 33.4 Å². The zero-order valence-corrected chi connectivity index (χ0v) is 22.5. The quantitative estimate of drug-likeness (QED) is 0.348. The monoisotopic (exact) mass is 502 g/mol. The maximum Gasteiger partial charge on any atom is 0.321 e. The summed E-state index contributed by atoms with van der Waals surface area (Å²) >= 11 is 0. The molecule has 4 fully saturated rings. The first-order valence-electron chi connectivity index (χ1n) is 13.0. The van der Waals surface area contributed by atoms with E-state index >= 15 is 0 Å². The molecule has 0 aromatic carbocycles. The van der Waals surface area contributed by atoms with Gasteiger partial charge in [-0.05, 0) is 46.0 Å². The Morgan fingerprint density at radius 3 is 2.36 bits per heavy atom. The lowest BCUT2D eigenvalue weighted by atomic mass is 9.33. The molecule has 0 radical (unpaired) electrons. The lowest BCUT2D eigenvalue weighted by molar-refractivity contribution is -0.226. The smallest absolute Gasteiger partial charge is 0.321 e. The maximum atomic E-state index is 14.1. The van der Waals surface area contributed by atoms with Crippen molar-refractivity contribution in [3.63, 3.8) is 0 Å². The van der Waals surface area contributed by atoms with Gasteiger partial charge in [-0.1, -0.05) is 32.4 Å². The standard InChI is InChI=1S/C28H38O8/c1-13-11-17-25(6,28(23(33)34-8)21(31)14(2)20(30)26(13,28)7)12-16-19-24(4,5)18(35-15(3)29)9-10-27(17,19)22(32)36-16/h11,14,16-19,22,32H,9-10,12H2,1-8H3/t14-,16+,17+,18-,19-,22+,25+,26-,27-,28-/m0/s1. The fraction of sp³-hybridized carbons (Fsp3) is 0.786. The number of hydrogen-bond donors (Lipinski definition) is 1. The first kappa shape index (κ1) is 25.6. The molecule has 5 rings (SSSR count). The first-order chi connectivity index (χ1) is 16.6. The Kier molecular flexibility index (Phi) is 5.17. The van der Waals surface area contributed by atoms with Crippen molar-refractivity contribution in [3.05, 3.63) is 11.6 Å². The number of hydrogen-bond acceptors (Lipinski definition) is 8. The van der Waals surface area contributed by atoms with Crippen LogP contribution in [0, 0.1) is 44.8 Å². The normalized spacial score (nSPS) is 50.5. The molecule has 10 atom stereocenters. The molecule has 1 aliphatic heterocycles. The first-order valence-corrected chi connectivity index (χ1v) is 13.0. The molecule has 1 saturated heterocycles. The average Bonchev–Trinajstić information content (AvgIpc) is 3.12. The number of carbonyl (C=O) groups excluding carboxylic acids is 4. The van der Waals surface area contributed by atoms with E-state index in [2.05, 4.69) is 0 Å². The zero-order valence-electron chi connectivity index (χ0n) is 22.5. The SMILES string of the molecule is COC(=O)[C@]12C(=O)[C@@H](C)C(=O)[C@]1(C)C(C)=C[C@H]1[C@@]34CC[C@H](OC(C)=O)C(C)(C)[C@@H]3[C@@H](C[C@]12C)O[C@H]4O. The van der Waals surface area contributed by atoms with Gasteiger partial charge in [-0.15, -0.1) is 0 Å². The van der Waals surface area contributed by atoms with Gasteiger partial charge in [0, 0.05) is 29.1 Å². The summed E-state index contributed by atoms with van der Waals surface area (Å²) in [6.45, 7) is 12.5. The fourth-order valence-electron chi connectivity index (χ4n) is 9.98. The second kappa shape index (κ2) is 7.28. The topological polar surface area (TPSA) is 116 Å². The minimum atomic E-state index is -1.73. The average molecular weight is 503 g/mol. The van der Waals surface area contributed by atoms with Gasteiger partial charge in [-0.2, -0.15) is 0 Å². The van der Waals surface area contributed by atoms with Gasteiger partial charge in [-0.25, -0.2) is 0 Å². The Morgan fingerprint density at radius 1 is 1.14 bits per heavy atom. The number of allylic oxidation sites excluding steroid dienone is 2. The number of carbonyl (C=O) groups is 4. The van der Waals surface area contributed by atoms with Crippen LogP contribution in [0.3, 0.4) is 0 Å². The van der Waals surface area contributed by atoms with Gasteiger partial charge in [0.2, 0.25) is 0 Å². The van der Waals surface area contributed by atoms with Crippen LogP contribution in [-0.4, -0.2) is 54.2 Å². The Labute approximate surface area is 212 Å². The number of rotatable bonds is 2. The van der Waals surface area contributed by atoms with E-state index in [0.29, 0.717) is 18.4 Å². The number of ether oxygens (including phenoxy) is 3. The number of aliphatic hydroxyl groups is 1. The van der Waals surface area contributed by atoms with Crippen LogP contribution in [0.15, 0.2) is 11.6 Å². The number of esters is 2. The van der Waals surface area contributed by atoms with Gasteiger partial charge in [0.1, 0.15) is 11.5 Å². The Bertz CT molecular complexity index is 1110. The number of methoxy groups -OCH3 is 1. The minimum absolute atomic E-state index is 0.191. The minimum Gasteiger partial charge on any atom is -0.468 e. The van der Waals surface area contributed by atoms with E-state index < -0.39 is 63.1 Å². The van der Waals surface area contributed by atoms with Crippen molar-refractivity contribution >= 4 is 23.5 Å². The highest BCUT2D eigenvalue weighted by Crippen LogP contribution is 2.79. The summed E-state index contributed by atoms with van der Waals surface area (Å²) in [5, 5.41) is 11.6. The van der Waals surface area contributed by atoms with Crippen LogP contribution in [0.1, 0.15) is 67.7 Å². The van der Waals surface area contributed by atoms with Crippen molar-refractivity contribution in [1.29, 1.82) is 0 Å². The zero-order chi connectivity index (χ0) is 26.8. The Hall–Kier alpha value is -2.06. The van der Waals surface area contributed by atoms with Crippen LogP contribution in [0.5, 0.6) is 0 Å². The summed E-state index contributed by atoms with van der Waals surface area (Å²) in [7, 11) is 1.27. The highest BCUT2D eigenvalue weighted by molar-refractivity contribution is 6.25. The molecule has 5 aliphatic rings. The third kappa shape index (κ3) is 2.40. The highest BCUT2D eigenvalue weighted by atomic mass is 16.6. The van der Waals surface area contributed by atoms with Crippen LogP contribution in [0.2, 0.25) is 0 Å². The molecule has 2 bridgehead atoms. The predicted molar refractivity (Wildman–Crippen MR) is 127 cm³/mol. The largest absolute Gasteiger partial charge is 0.468 e. The van der Waals surface area contributed by atoms with Gasteiger partial charge in [0.15, 0.2) is 17.9 Å². The van der Waals surface area contributed by atoms with E-state index in [1.54, 1.807) is 13.8 Å². The molecule has 1 heterocycles. The van der Waals surface area contributed by atoms with Gasteiger partial charge in [-0.3, -0.25) is 19.2 Å². The predicted octanol–water partition coefficient (Wildman–Crippen LogP) is 3.00. The van der Waals surface area contributed by atoms with Gasteiger partial charge < -0.3 is 19.3 Å². The second-order valence-corrected chi connectivity index (χ2v) is 12.8. The van der Waals surface area contributed by atoms with Crippen molar-refractivity contribution in [2.24, 2.45) is 44.8 Å². The van der Waals surface area contributed by atoms with Crippen molar-refractivity contribution < 1.29 is 38.5 Å². The molecular formula is C28H38O8. The van der Waals surface area contributed by atoms with E-state index in [9.17, 15) is 24.3 Å². The van der Waals surface area contributed by atoms with Crippen LogP contribution in [0.4, 0.5) is 0 Å². The van der Waals surface area contributed by atoms with E-state index in [1.807, 2.05) is 33.8 Å². The molecule has 36 heavy (non-hydrogen) atoms. The van der Waals surface area contributed by atoms with Gasteiger partial charge >= 0.3 is 11.9 Å². The van der Waals surface area contributed by atoms with Crippen LogP contribution in [0.25, 0.3) is 0 Å². The molecule has 0 amide bonds. The summed E-state index contributed by atoms with van der Waals surface area (Å²) in [5.41, 5.74) is -4.80. The molecule has 3 saturated carbocycles. The molecule has 198 valence electrons. The summed E-state index contributed by atoms with van der Waals surface area (Å²) in [6.07, 6.45) is 1.37. The lowest BCUT2D eigenvalue weighted by Gasteiger charge is -2.67. The third-order valence-electron chi connectivity index (χ3n) is 11.3. The summed E-state index contributed by atoms with van der Waals surface area (Å²) < 4.78 is 17.3. The molecule has 0 unspecified atom stereocenters. The molecule has 8 heteroatoms. The second-order valence-electron chi connectivity index (χ2n) is 12.8. The Morgan fingerprint density at radius 2 is 1.78 bits per heavy atom. The molecule has 0 aromatic heterocycles. The third-order valence-corrected chi connectivity index (χ3v) is 11.3. The molecule has 8 nitrogen and oxygen atoms in total. The van der Waals surface area contributed by atoms with Crippen LogP contribution >= 0.6 is 0 Å². The van der Waals surface area contributed by atoms with E-state index in [1.165, 1.54) is 14.0 Å². The molecule has 0 aromatic rings. The highest BCUT2D eigenvalue weighted by Gasteiger charge is 2.85. The number of aliphatic hydroxyl groups excluding tert-OH is 1. The Balaban J connectivity index is 1.78.